The highest BCUT2D eigenvalue weighted by molar-refractivity contribution is 5.85. The maximum atomic E-state index is 12.9. The third-order valence-corrected chi connectivity index (χ3v) is 5.70. The van der Waals surface area contributed by atoms with Gasteiger partial charge in [0.25, 0.3) is 0 Å². The van der Waals surface area contributed by atoms with Crippen LogP contribution >= 0.6 is 0 Å². The highest BCUT2D eigenvalue weighted by atomic mass is 16.5. The summed E-state index contributed by atoms with van der Waals surface area (Å²) in [6, 6.07) is 14.0. The van der Waals surface area contributed by atoms with Crippen LogP contribution in [0.15, 0.2) is 48.8 Å². The van der Waals surface area contributed by atoms with Crippen molar-refractivity contribution < 1.29 is 9.53 Å². The molecule has 0 radical (unpaired) electrons. The van der Waals surface area contributed by atoms with Crippen molar-refractivity contribution in [2.24, 2.45) is 0 Å². The number of aryl methyl sites for hydroxylation is 1. The molecule has 0 N–H and O–H groups in total. The molecule has 2 aromatic heterocycles. The van der Waals surface area contributed by atoms with Crippen molar-refractivity contribution in [2.45, 2.75) is 32.0 Å². The van der Waals surface area contributed by atoms with Gasteiger partial charge in [0.05, 0.1) is 30.7 Å². The number of carbonyl (C=O) groups is 1. The van der Waals surface area contributed by atoms with Crippen LogP contribution in [0.5, 0.6) is 0 Å². The highest BCUT2D eigenvalue weighted by Gasteiger charge is 2.42. The second-order valence-corrected chi connectivity index (χ2v) is 7.66. The van der Waals surface area contributed by atoms with Crippen molar-refractivity contribution in [2.75, 3.05) is 24.6 Å². The molecule has 2 fully saturated rings. The third kappa shape index (κ3) is 3.42. The highest BCUT2D eigenvalue weighted by Crippen LogP contribution is 2.30. The number of benzene rings is 1. The first-order chi connectivity index (χ1) is 14.2. The maximum Gasteiger partial charge on any atom is 0.225 e. The summed E-state index contributed by atoms with van der Waals surface area (Å²) in [6.07, 6.45) is 1.97. The monoisotopic (exact) mass is 389 g/mol. The fourth-order valence-electron chi connectivity index (χ4n) is 4.26. The lowest BCUT2D eigenvalue weighted by atomic mass is 10.1. The molecule has 148 valence electrons. The van der Waals surface area contributed by atoms with E-state index in [0.29, 0.717) is 32.7 Å². The van der Waals surface area contributed by atoms with Gasteiger partial charge in [-0.25, -0.2) is 15.0 Å². The van der Waals surface area contributed by atoms with Crippen LogP contribution in [0.25, 0.3) is 11.0 Å². The number of ether oxygens (including phenoxy) is 1. The molecule has 2 aliphatic heterocycles. The van der Waals surface area contributed by atoms with E-state index < -0.39 is 0 Å². The van der Waals surface area contributed by atoms with Crippen LogP contribution in [0.3, 0.4) is 0 Å². The summed E-state index contributed by atoms with van der Waals surface area (Å²) < 4.78 is 6.08. The molecule has 1 aromatic carbocycles. The summed E-state index contributed by atoms with van der Waals surface area (Å²) in [7, 11) is 0. The van der Waals surface area contributed by atoms with E-state index in [1.54, 1.807) is 6.33 Å². The summed E-state index contributed by atoms with van der Waals surface area (Å²) in [5.41, 5.74) is 3.68. The third-order valence-electron chi connectivity index (χ3n) is 5.70. The minimum absolute atomic E-state index is 0.0139. The molecule has 0 aliphatic carbocycles. The van der Waals surface area contributed by atoms with E-state index in [1.807, 2.05) is 42.2 Å². The summed E-state index contributed by atoms with van der Waals surface area (Å²) >= 11 is 0. The van der Waals surface area contributed by atoms with E-state index in [-0.39, 0.29) is 18.1 Å². The summed E-state index contributed by atoms with van der Waals surface area (Å²) in [4.78, 5) is 30.6. The zero-order chi connectivity index (χ0) is 19.8. The molecule has 0 unspecified atom stereocenters. The SMILES string of the molecule is Cc1ccc2ncnc(N3C[C@@H]4OCCC(=O)N(Cc5ccccc5)[C@H]4C3)c2n1. The number of rotatable bonds is 3. The van der Waals surface area contributed by atoms with Gasteiger partial charge in [-0.1, -0.05) is 30.3 Å². The average molecular weight is 389 g/mol. The second-order valence-electron chi connectivity index (χ2n) is 7.66. The van der Waals surface area contributed by atoms with E-state index in [2.05, 4.69) is 32.0 Å². The van der Waals surface area contributed by atoms with Gasteiger partial charge in [0.2, 0.25) is 5.91 Å². The standard InChI is InChI=1S/C22H23N5O2/c1-15-7-8-17-21(25-15)22(24-14-23-17)26-12-18-19(13-26)29-10-9-20(28)27(18)11-16-5-3-2-4-6-16/h2-8,14,18-19H,9-13H2,1H3/t18-,19-/m0/s1. The summed E-state index contributed by atoms with van der Waals surface area (Å²) in [5, 5.41) is 0. The number of hydrogen-bond acceptors (Lipinski definition) is 6. The number of pyridine rings is 1. The van der Waals surface area contributed by atoms with Gasteiger partial charge in [-0.15, -0.1) is 0 Å². The normalized spacial score (nSPS) is 22.0. The van der Waals surface area contributed by atoms with Crippen molar-refractivity contribution in [3.63, 3.8) is 0 Å². The van der Waals surface area contributed by atoms with E-state index in [1.165, 1.54) is 0 Å². The number of amides is 1. The Morgan fingerprint density at radius 1 is 1.10 bits per heavy atom. The van der Waals surface area contributed by atoms with Crippen molar-refractivity contribution in [1.82, 2.24) is 19.9 Å². The number of hydrogen-bond donors (Lipinski definition) is 0. The Balaban J connectivity index is 1.47. The van der Waals surface area contributed by atoms with Crippen molar-refractivity contribution in [3.8, 4) is 0 Å². The van der Waals surface area contributed by atoms with E-state index in [0.717, 1.165) is 28.1 Å². The summed E-state index contributed by atoms with van der Waals surface area (Å²) in [5.74, 6) is 0.951. The quantitative estimate of drug-likeness (QED) is 0.685. The molecular formula is C22H23N5O2. The van der Waals surface area contributed by atoms with Crippen LogP contribution in [-0.2, 0) is 16.1 Å². The van der Waals surface area contributed by atoms with E-state index in [4.69, 9.17) is 4.74 Å². The predicted molar refractivity (Wildman–Crippen MR) is 109 cm³/mol. The topological polar surface area (TPSA) is 71.5 Å². The van der Waals surface area contributed by atoms with Gasteiger partial charge in [-0.3, -0.25) is 4.79 Å². The minimum atomic E-state index is -0.0417. The predicted octanol–water partition coefficient (Wildman–Crippen LogP) is 2.34. The van der Waals surface area contributed by atoms with Crippen molar-refractivity contribution >= 4 is 22.8 Å². The van der Waals surface area contributed by atoms with Crippen LogP contribution in [0.1, 0.15) is 17.7 Å². The van der Waals surface area contributed by atoms with Crippen molar-refractivity contribution in [1.29, 1.82) is 0 Å². The molecule has 2 atom stereocenters. The van der Waals surface area contributed by atoms with Crippen LogP contribution in [0.4, 0.5) is 5.82 Å². The fraction of sp³-hybridized carbons (Fsp3) is 0.364. The first-order valence-electron chi connectivity index (χ1n) is 9.97. The molecule has 3 aromatic rings. The molecule has 0 spiro atoms. The number of carbonyl (C=O) groups excluding carboxylic acids is 1. The molecular weight excluding hydrogens is 366 g/mol. The van der Waals surface area contributed by atoms with Gasteiger partial charge < -0.3 is 14.5 Å². The van der Waals surface area contributed by atoms with Crippen molar-refractivity contribution in [3.05, 3.63) is 60.0 Å². The molecule has 7 nitrogen and oxygen atoms in total. The van der Waals surface area contributed by atoms with E-state index >= 15 is 0 Å². The summed E-state index contributed by atoms with van der Waals surface area (Å²) in [6.45, 7) is 4.38. The maximum absolute atomic E-state index is 12.9. The number of fused-ring (bicyclic) bond motifs is 2. The Bertz CT molecular complexity index is 1040. The molecule has 1 amide bonds. The zero-order valence-electron chi connectivity index (χ0n) is 16.4. The molecule has 0 saturated carbocycles. The Morgan fingerprint density at radius 2 is 1.97 bits per heavy atom. The molecule has 5 rings (SSSR count). The average Bonchev–Trinajstić information content (AvgIpc) is 3.09. The molecule has 29 heavy (non-hydrogen) atoms. The van der Waals surface area contributed by atoms with Crippen LogP contribution in [0, 0.1) is 6.92 Å². The van der Waals surface area contributed by atoms with Crippen LogP contribution in [-0.4, -0.2) is 57.6 Å². The lowest BCUT2D eigenvalue weighted by molar-refractivity contribution is -0.133. The first kappa shape index (κ1) is 18.0. The number of aromatic nitrogens is 3. The molecule has 0 bridgehead atoms. The van der Waals surface area contributed by atoms with E-state index in [9.17, 15) is 4.79 Å². The molecule has 4 heterocycles. The van der Waals surface area contributed by atoms with Gasteiger partial charge in [0, 0.05) is 25.3 Å². The Kier molecular flexibility index (Phi) is 4.60. The lowest BCUT2D eigenvalue weighted by Crippen LogP contribution is -2.45. The first-order valence-corrected chi connectivity index (χ1v) is 9.97. The van der Waals surface area contributed by atoms with Crippen LogP contribution in [0.2, 0.25) is 0 Å². The van der Waals surface area contributed by atoms with Gasteiger partial charge >= 0.3 is 0 Å². The van der Waals surface area contributed by atoms with Gasteiger partial charge in [0.1, 0.15) is 11.8 Å². The zero-order valence-corrected chi connectivity index (χ0v) is 16.4. The Hall–Kier alpha value is -3.06. The molecule has 2 saturated heterocycles. The Morgan fingerprint density at radius 3 is 2.83 bits per heavy atom. The molecule has 2 aliphatic rings. The smallest absolute Gasteiger partial charge is 0.225 e. The van der Waals surface area contributed by atoms with Gasteiger partial charge in [-0.05, 0) is 24.6 Å². The second kappa shape index (κ2) is 7.40. The fourth-order valence-corrected chi connectivity index (χ4v) is 4.26. The van der Waals surface area contributed by atoms with Crippen LogP contribution < -0.4 is 4.90 Å². The lowest BCUT2D eigenvalue weighted by Gasteiger charge is -2.29. The largest absolute Gasteiger partial charge is 0.374 e. The number of nitrogens with zero attached hydrogens (tertiary/aromatic N) is 5. The van der Waals surface area contributed by atoms with Gasteiger partial charge in [0.15, 0.2) is 5.82 Å². The Labute approximate surface area is 169 Å². The number of anilines is 1. The minimum Gasteiger partial charge on any atom is -0.374 e. The molecule has 7 heteroatoms. The van der Waals surface area contributed by atoms with Gasteiger partial charge in [-0.2, -0.15) is 0 Å².